The van der Waals surface area contributed by atoms with Gasteiger partial charge in [-0.2, -0.15) is 5.26 Å². The Kier molecular flexibility index (Phi) is 6.58. The number of amides is 1. The Hall–Kier alpha value is -3.09. The monoisotopic (exact) mass is 452 g/mol. The van der Waals surface area contributed by atoms with Gasteiger partial charge in [0.25, 0.3) is 5.91 Å². The molecular weight excluding hydrogens is 423 g/mol. The van der Waals surface area contributed by atoms with Crippen molar-refractivity contribution in [3.63, 3.8) is 0 Å². The standard InChI is InChI=1S/C24H29FN6O2/c1-17-15-29(22-4-3-18(14-26)13-20(22)25)11-12-30(17)31(19-5-8-24(2,33)9-6-19)23(32)21-7-10-27-16-28-21/h3-4,7,10,13,16-17,19,33H,5-6,8-9,11-12,15H2,1-2H3/t17-,19?,24?/m1/s1. The number of hydrogen-bond donors (Lipinski definition) is 1. The van der Waals surface area contributed by atoms with Crippen LogP contribution >= 0.6 is 0 Å². The van der Waals surface area contributed by atoms with E-state index in [2.05, 4.69) is 15.0 Å². The van der Waals surface area contributed by atoms with E-state index in [4.69, 9.17) is 5.26 Å². The van der Waals surface area contributed by atoms with Gasteiger partial charge in [0.05, 0.1) is 22.9 Å². The van der Waals surface area contributed by atoms with E-state index in [-0.39, 0.29) is 23.6 Å². The number of carbonyl (C=O) groups is 1. The van der Waals surface area contributed by atoms with E-state index in [0.29, 0.717) is 56.7 Å². The van der Waals surface area contributed by atoms with Crippen LogP contribution in [0.1, 0.15) is 55.6 Å². The molecule has 0 bridgehead atoms. The molecule has 8 nitrogen and oxygen atoms in total. The van der Waals surface area contributed by atoms with E-state index in [9.17, 15) is 14.3 Å². The second kappa shape index (κ2) is 9.41. The zero-order valence-electron chi connectivity index (χ0n) is 19.0. The lowest BCUT2D eigenvalue weighted by Crippen LogP contribution is -2.63. The van der Waals surface area contributed by atoms with Crippen molar-refractivity contribution in [1.82, 2.24) is 20.0 Å². The van der Waals surface area contributed by atoms with Gasteiger partial charge in [-0.05, 0) is 63.8 Å². The molecule has 1 aromatic heterocycles. The molecule has 2 heterocycles. The van der Waals surface area contributed by atoms with Crippen molar-refractivity contribution in [3.8, 4) is 6.07 Å². The molecule has 1 aliphatic heterocycles. The number of rotatable bonds is 4. The highest BCUT2D eigenvalue weighted by Gasteiger charge is 2.40. The third kappa shape index (κ3) is 4.97. The third-order valence-electron chi connectivity index (χ3n) is 6.67. The Morgan fingerprint density at radius 3 is 2.67 bits per heavy atom. The number of nitriles is 1. The van der Waals surface area contributed by atoms with Crippen molar-refractivity contribution in [2.45, 2.75) is 57.2 Å². The summed E-state index contributed by atoms with van der Waals surface area (Å²) >= 11 is 0. The fourth-order valence-corrected chi connectivity index (χ4v) is 4.82. The smallest absolute Gasteiger partial charge is 0.287 e. The summed E-state index contributed by atoms with van der Waals surface area (Å²) in [6.45, 7) is 5.45. The SMILES string of the molecule is C[C@@H]1CN(c2ccc(C#N)cc2F)CCN1N(C(=O)c1ccncn1)C1CCC(C)(O)CC1. The van der Waals surface area contributed by atoms with E-state index in [1.807, 2.05) is 29.8 Å². The second-order valence-corrected chi connectivity index (χ2v) is 9.21. The number of aromatic nitrogens is 2. The molecule has 0 spiro atoms. The van der Waals surface area contributed by atoms with Crippen LogP contribution in [0.3, 0.4) is 0 Å². The molecule has 1 N–H and O–H groups in total. The largest absolute Gasteiger partial charge is 0.390 e. The molecule has 0 radical (unpaired) electrons. The fourth-order valence-electron chi connectivity index (χ4n) is 4.82. The van der Waals surface area contributed by atoms with Crippen LogP contribution in [0.2, 0.25) is 0 Å². The molecule has 1 aliphatic carbocycles. The number of piperazine rings is 1. The molecule has 1 amide bonds. The van der Waals surface area contributed by atoms with Crippen molar-refractivity contribution >= 4 is 11.6 Å². The van der Waals surface area contributed by atoms with Gasteiger partial charge in [0.2, 0.25) is 0 Å². The lowest BCUT2D eigenvalue weighted by atomic mass is 9.83. The number of carbonyl (C=O) groups excluding carboxylic acids is 1. The first-order chi connectivity index (χ1) is 15.8. The summed E-state index contributed by atoms with van der Waals surface area (Å²) in [5, 5.41) is 23.3. The van der Waals surface area contributed by atoms with Crippen LogP contribution in [0.25, 0.3) is 0 Å². The molecule has 9 heteroatoms. The van der Waals surface area contributed by atoms with Crippen molar-refractivity contribution in [2.24, 2.45) is 0 Å². The van der Waals surface area contributed by atoms with Gasteiger partial charge in [-0.25, -0.2) is 19.4 Å². The minimum absolute atomic E-state index is 0.0478. The number of benzene rings is 1. The second-order valence-electron chi connectivity index (χ2n) is 9.21. The lowest BCUT2D eigenvalue weighted by molar-refractivity contribution is -0.0897. The molecule has 1 atom stereocenters. The van der Waals surface area contributed by atoms with Crippen LogP contribution in [-0.4, -0.2) is 68.3 Å². The Morgan fingerprint density at radius 1 is 1.30 bits per heavy atom. The molecule has 1 saturated heterocycles. The molecule has 1 saturated carbocycles. The summed E-state index contributed by atoms with van der Waals surface area (Å²) in [5.41, 5.74) is 0.369. The molecule has 1 aromatic carbocycles. The molecule has 33 heavy (non-hydrogen) atoms. The first-order valence-corrected chi connectivity index (χ1v) is 11.3. The summed E-state index contributed by atoms with van der Waals surface area (Å²) < 4.78 is 14.6. The molecule has 2 aromatic rings. The van der Waals surface area contributed by atoms with Crippen molar-refractivity contribution < 1.29 is 14.3 Å². The van der Waals surface area contributed by atoms with Gasteiger partial charge in [-0.1, -0.05) is 0 Å². The predicted molar refractivity (Wildman–Crippen MR) is 121 cm³/mol. The molecule has 0 unspecified atom stereocenters. The maximum absolute atomic E-state index is 14.6. The van der Waals surface area contributed by atoms with Gasteiger partial charge in [-0.15, -0.1) is 0 Å². The van der Waals surface area contributed by atoms with Gasteiger partial charge >= 0.3 is 0 Å². The van der Waals surface area contributed by atoms with Gasteiger partial charge in [0, 0.05) is 37.9 Å². The zero-order chi connectivity index (χ0) is 23.6. The Labute approximate surface area is 193 Å². The molecular formula is C24H29FN6O2. The van der Waals surface area contributed by atoms with E-state index in [1.54, 1.807) is 24.4 Å². The van der Waals surface area contributed by atoms with Gasteiger partial charge in [0.1, 0.15) is 17.8 Å². The van der Waals surface area contributed by atoms with Crippen LogP contribution in [0.5, 0.6) is 0 Å². The van der Waals surface area contributed by atoms with Crippen LogP contribution < -0.4 is 4.90 Å². The van der Waals surface area contributed by atoms with Gasteiger partial charge < -0.3 is 10.0 Å². The maximum atomic E-state index is 14.6. The third-order valence-corrected chi connectivity index (χ3v) is 6.67. The van der Waals surface area contributed by atoms with Crippen molar-refractivity contribution in [3.05, 3.63) is 53.9 Å². The maximum Gasteiger partial charge on any atom is 0.287 e. The van der Waals surface area contributed by atoms with Crippen LogP contribution in [-0.2, 0) is 0 Å². The highest BCUT2D eigenvalue weighted by Crippen LogP contribution is 2.33. The van der Waals surface area contributed by atoms with Crippen LogP contribution in [0.15, 0.2) is 36.8 Å². The number of aliphatic hydroxyl groups is 1. The number of nitrogens with zero attached hydrogens (tertiary/aromatic N) is 6. The van der Waals surface area contributed by atoms with E-state index in [0.717, 1.165) is 0 Å². The first kappa shape index (κ1) is 23.1. The minimum Gasteiger partial charge on any atom is -0.390 e. The number of hydrogen-bond acceptors (Lipinski definition) is 7. The summed E-state index contributed by atoms with van der Waals surface area (Å²) in [7, 11) is 0. The highest BCUT2D eigenvalue weighted by atomic mass is 19.1. The average Bonchev–Trinajstić information content (AvgIpc) is 2.81. The summed E-state index contributed by atoms with van der Waals surface area (Å²) in [6.07, 6.45) is 5.55. The molecule has 2 fully saturated rings. The molecule has 174 valence electrons. The minimum atomic E-state index is -0.711. The average molecular weight is 453 g/mol. The molecule has 2 aliphatic rings. The van der Waals surface area contributed by atoms with Crippen LogP contribution in [0.4, 0.5) is 10.1 Å². The van der Waals surface area contributed by atoms with Crippen molar-refractivity contribution in [1.29, 1.82) is 5.26 Å². The summed E-state index contributed by atoms with van der Waals surface area (Å²) in [6, 6.07) is 7.97. The number of anilines is 1. The normalized spacial score (nSPS) is 26.0. The number of halogens is 1. The quantitative estimate of drug-likeness (QED) is 0.762. The Bertz CT molecular complexity index is 1030. The first-order valence-electron chi connectivity index (χ1n) is 11.3. The topological polar surface area (TPSA) is 96.6 Å². The zero-order valence-corrected chi connectivity index (χ0v) is 19.0. The fraction of sp³-hybridized carbons (Fsp3) is 0.500. The van der Waals surface area contributed by atoms with E-state index < -0.39 is 11.4 Å². The molecule has 4 rings (SSSR count). The van der Waals surface area contributed by atoms with Gasteiger partial charge in [-0.3, -0.25) is 9.80 Å². The number of hydrazine groups is 1. The van der Waals surface area contributed by atoms with Crippen molar-refractivity contribution in [2.75, 3.05) is 24.5 Å². The Morgan fingerprint density at radius 2 is 2.06 bits per heavy atom. The summed E-state index contributed by atoms with van der Waals surface area (Å²) in [5.74, 6) is -0.605. The van der Waals surface area contributed by atoms with E-state index >= 15 is 0 Å². The Balaban J connectivity index is 1.56. The lowest BCUT2D eigenvalue weighted by Gasteiger charge is -2.50. The highest BCUT2D eigenvalue weighted by molar-refractivity contribution is 5.92. The van der Waals surface area contributed by atoms with Gasteiger partial charge in [0.15, 0.2) is 0 Å². The van der Waals surface area contributed by atoms with E-state index in [1.165, 1.54) is 12.4 Å². The van der Waals surface area contributed by atoms with Crippen LogP contribution in [0, 0.1) is 17.1 Å². The summed E-state index contributed by atoms with van der Waals surface area (Å²) in [4.78, 5) is 23.6. The predicted octanol–water partition coefficient (Wildman–Crippen LogP) is 2.75.